The van der Waals surface area contributed by atoms with Crippen LogP contribution in [-0.4, -0.2) is 40.2 Å². The fourth-order valence-electron chi connectivity index (χ4n) is 5.59. The van der Waals surface area contributed by atoms with Crippen molar-refractivity contribution in [2.24, 2.45) is 5.92 Å². The van der Waals surface area contributed by atoms with Crippen molar-refractivity contribution in [3.63, 3.8) is 0 Å². The highest BCUT2D eigenvalue weighted by Gasteiger charge is 2.36. The maximum atomic E-state index is 14.2. The largest absolute Gasteiger partial charge is 0.395 e. The summed E-state index contributed by atoms with van der Waals surface area (Å²) in [5, 5.41) is 6.24. The molecule has 9 heteroatoms. The Morgan fingerprint density at radius 2 is 1.66 bits per heavy atom. The zero-order valence-electron chi connectivity index (χ0n) is 22.8. The minimum atomic E-state index is -0.717. The number of hydrogen-bond acceptors (Lipinski definition) is 6. The van der Waals surface area contributed by atoms with Crippen LogP contribution < -0.4 is 21.3 Å². The molecule has 8 nitrogen and oxygen atoms in total. The van der Waals surface area contributed by atoms with Crippen LogP contribution in [0.15, 0.2) is 24.3 Å². The number of carbonyl (C=O) groups excluding carboxylic acids is 3. The third-order valence-corrected chi connectivity index (χ3v) is 8.44. The Morgan fingerprint density at radius 3 is 2.29 bits per heavy atom. The summed E-state index contributed by atoms with van der Waals surface area (Å²) < 4.78 is 4.30. The van der Waals surface area contributed by atoms with Gasteiger partial charge < -0.3 is 16.4 Å². The zero-order chi connectivity index (χ0) is 27.2. The van der Waals surface area contributed by atoms with Crippen molar-refractivity contribution in [3.8, 4) is 0 Å². The second-order valence-electron chi connectivity index (χ2n) is 11.2. The molecule has 2 fully saturated rings. The lowest BCUT2D eigenvalue weighted by Gasteiger charge is -2.33. The van der Waals surface area contributed by atoms with E-state index in [-0.39, 0.29) is 46.1 Å². The van der Waals surface area contributed by atoms with Gasteiger partial charge in [-0.15, -0.1) is 0 Å². The molecule has 0 bridgehead atoms. The van der Waals surface area contributed by atoms with Crippen molar-refractivity contribution in [2.45, 2.75) is 103 Å². The second-order valence-corrected chi connectivity index (χ2v) is 12.0. The third-order valence-electron chi connectivity index (χ3n) is 7.59. The van der Waals surface area contributed by atoms with E-state index in [9.17, 15) is 14.4 Å². The van der Waals surface area contributed by atoms with Gasteiger partial charge >= 0.3 is 0 Å². The lowest BCUT2D eigenvalue weighted by Crippen LogP contribution is -2.52. The molecule has 0 spiro atoms. The van der Waals surface area contributed by atoms with Crippen molar-refractivity contribution in [2.75, 3.05) is 10.6 Å². The minimum absolute atomic E-state index is 0.0745. The van der Waals surface area contributed by atoms with Crippen LogP contribution >= 0.6 is 11.5 Å². The Hall–Kier alpha value is -2.94. The number of rotatable bonds is 9. The molecule has 2 aliphatic carbocycles. The highest BCUT2D eigenvalue weighted by atomic mass is 32.1. The number of anilines is 2. The number of nitrogens with one attached hydrogen (secondary N) is 2. The van der Waals surface area contributed by atoms with E-state index in [1.54, 1.807) is 4.90 Å². The SMILES string of the molecule is Cc1cccc(N(C(=O)c2snc(C(=O)NC3CCCCC3)c2N)C(CC(C)C)C(=O)NC2CCCC2)c1. The molecule has 1 unspecified atom stereocenters. The molecule has 1 aromatic heterocycles. The Morgan fingerprint density at radius 1 is 1.03 bits per heavy atom. The predicted molar refractivity (Wildman–Crippen MR) is 152 cm³/mol. The molecule has 1 atom stereocenters. The maximum Gasteiger partial charge on any atom is 0.273 e. The first-order valence-corrected chi connectivity index (χ1v) is 14.8. The van der Waals surface area contributed by atoms with Crippen molar-refractivity contribution in [1.29, 1.82) is 0 Å². The normalized spacial score (nSPS) is 17.4. The van der Waals surface area contributed by atoms with Gasteiger partial charge in [0, 0.05) is 17.8 Å². The average molecular weight is 540 g/mol. The smallest absolute Gasteiger partial charge is 0.273 e. The minimum Gasteiger partial charge on any atom is -0.395 e. The van der Waals surface area contributed by atoms with E-state index < -0.39 is 11.9 Å². The molecular weight excluding hydrogens is 498 g/mol. The molecule has 2 aliphatic rings. The summed E-state index contributed by atoms with van der Waals surface area (Å²) in [6.45, 7) is 6.05. The number of aryl methyl sites for hydroxylation is 1. The van der Waals surface area contributed by atoms with Gasteiger partial charge in [-0.1, -0.05) is 58.1 Å². The van der Waals surface area contributed by atoms with Crippen LogP contribution in [0.2, 0.25) is 0 Å². The highest BCUT2D eigenvalue weighted by molar-refractivity contribution is 7.09. The van der Waals surface area contributed by atoms with Crippen LogP contribution in [0, 0.1) is 12.8 Å². The Bertz CT molecular complexity index is 1130. The van der Waals surface area contributed by atoms with E-state index in [4.69, 9.17) is 5.73 Å². The molecule has 4 N–H and O–H groups in total. The molecule has 3 amide bonds. The summed E-state index contributed by atoms with van der Waals surface area (Å²) >= 11 is 0.924. The molecule has 2 aromatic rings. The molecule has 1 aromatic carbocycles. The van der Waals surface area contributed by atoms with Gasteiger partial charge in [0.15, 0.2) is 5.69 Å². The first-order chi connectivity index (χ1) is 18.2. The fraction of sp³-hybridized carbons (Fsp3) is 0.586. The number of nitrogens with two attached hydrogens (primary N) is 1. The Labute approximate surface area is 229 Å². The third kappa shape index (κ3) is 6.73. The molecule has 4 rings (SSSR count). The van der Waals surface area contributed by atoms with Crippen LogP contribution in [0.25, 0.3) is 0 Å². The van der Waals surface area contributed by atoms with Gasteiger partial charge in [0.05, 0.1) is 5.69 Å². The maximum absolute atomic E-state index is 14.2. The van der Waals surface area contributed by atoms with Gasteiger partial charge in [0.2, 0.25) is 5.91 Å². The van der Waals surface area contributed by atoms with E-state index in [2.05, 4.69) is 15.0 Å². The zero-order valence-corrected chi connectivity index (χ0v) is 23.6. The summed E-state index contributed by atoms with van der Waals surface area (Å²) in [5.41, 5.74) is 8.17. The fourth-order valence-corrected chi connectivity index (χ4v) is 6.32. The molecule has 2 saturated carbocycles. The molecule has 0 aliphatic heterocycles. The van der Waals surface area contributed by atoms with Crippen molar-refractivity contribution < 1.29 is 14.4 Å². The molecule has 206 valence electrons. The van der Waals surface area contributed by atoms with Crippen molar-refractivity contribution in [1.82, 2.24) is 15.0 Å². The first-order valence-electron chi connectivity index (χ1n) is 14.0. The van der Waals surface area contributed by atoms with E-state index in [0.29, 0.717) is 12.1 Å². The van der Waals surface area contributed by atoms with Gasteiger partial charge in [0.1, 0.15) is 10.9 Å². The van der Waals surface area contributed by atoms with Gasteiger partial charge in [0.25, 0.3) is 11.8 Å². The summed E-state index contributed by atoms with van der Waals surface area (Å²) in [6, 6.07) is 7.11. The molecular formula is C29H41N5O3S. The van der Waals surface area contributed by atoms with Gasteiger partial charge in [-0.3, -0.25) is 19.3 Å². The van der Waals surface area contributed by atoms with E-state index in [1.165, 1.54) is 6.42 Å². The predicted octanol–water partition coefficient (Wildman–Crippen LogP) is 5.22. The highest BCUT2D eigenvalue weighted by Crippen LogP contribution is 2.31. The van der Waals surface area contributed by atoms with Crippen LogP contribution in [-0.2, 0) is 4.79 Å². The van der Waals surface area contributed by atoms with E-state index in [1.807, 2.05) is 45.0 Å². The Balaban J connectivity index is 1.65. The number of benzene rings is 1. The van der Waals surface area contributed by atoms with Crippen molar-refractivity contribution in [3.05, 3.63) is 40.4 Å². The summed E-state index contributed by atoms with van der Waals surface area (Å²) in [5.74, 6) is -0.733. The summed E-state index contributed by atoms with van der Waals surface area (Å²) in [7, 11) is 0. The number of carbonyl (C=O) groups is 3. The summed E-state index contributed by atoms with van der Waals surface area (Å²) in [4.78, 5) is 42.6. The lowest BCUT2D eigenvalue weighted by molar-refractivity contribution is -0.123. The first kappa shape index (κ1) is 28.1. The average Bonchev–Trinajstić information content (AvgIpc) is 3.53. The van der Waals surface area contributed by atoms with Crippen LogP contribution in [0.1, 0.15) is 104 Å². The van der Waals surface area contributed by atoms with Crippen molar-refractivity contribution >= 4 is 40.6 Å². The quantitative estimate of drug-likeness (QED) is 0.404. The standard InChI is InChI=1S/C29H41N5O3S/c1-18(2)16-23(27(35)31-20-13-7-8-14-20)34(22-15-9-10-19(3)17-22)29(37)26-24(30)25(33-38-26)28(36)32-21-11-5-4-6-12-21/h9-10,15,17-18,20-21,23H,4-8,11-14,16,30H2,1-3H3,(H,31,35)(H,32,36). The summed E-state index contributed by atoms with van der Waals surface area (Å²) in [6.07, 6.45) is 9.86. The van der Waals surface area contributed by atoms with Gasteiger partial charge in [-0.2, -0.15) is 4.37 Å². The Kier molecular flexibility index (Phi) is 9.41. The van der Waals surface area contributed by atoms with Gasteiger partial charge in [-0.05, 0) is 74.2 Å². The van der Waals surface area contributed by atoms with E-state index >= 15 is 0 Å². The van der Waals surface area contributed by atoms with Crippen LogP contribution in [0.5, 0.6) is 0 Å². The topological polar surface area (TPSA) is 117 Å². The molecule has 0 saturated heterocycles. The number of amides is 3. The number of aromatic nitrogens is 1. The van der Waals surface area contributed by atoms with E-state index in [0.717, 1.165) is 68.5 Å². The second kappa shape index (κ2) is 12.7. The molecule has 1 heterocycles. The molecule has 0 radical (unpaired) electrons. The number of hydrogen-bond donors (Lipinski definition) is 3. The monoisotopic (exact) mass is 539 g/mol. The molecule has 38 heavy (non-hydrogen) atoms. The van der Waals surface area contributed by atoms with Gasteiger partial charge in [-0.25, -0.2) is 0 Å². The van der Waals surface area contributed by atoms with Crippen LogP contribution in [0.3, 0.4) is 0 Å². The number of nitrogen functional groups attached to an aromatic ring is 1. The number of nitrogens with zero attached hydrogens (tertiary/aromatic N) is 2. The lowest BCUT2D eigenvalue weighted by atomic mass is 9.95. The van der Waals surface area contributed by atoms with Crippen LogP contribution in [0.4, 0.5) is 11.4 Å².